The number of nitrogens with one attached hydrogen (secondary N) is 1. The number of rotatable bonds is 3. The van der Waals surface area contributed by atoms with Gasteiger partial charge in [-0.1, -0.05) is 32.9 Å². The molecule has 2 unspecified atom stereocenters. The van der Waals surface area contributed by atoms with Crippen LogP contribution in [0.1, 0.15) is 45.6 Å². The lowest BCUT2D eigenvalue weighted by atomic mass is 9.64. The van der Waals surface area contributed by atoms with Gasteiger partial charge in [0, 0.05) is 5.69 Å². The van der Waals surface area contributed by atoms with Gasteiger partial charge in [-0.3, -0.25) is 0 Å². The summed E-state index contributed by atoms with van der Waals surface area (Å²) in [5.74, 6) is 0.474. The largest absolute Gasteiger partial charge is 0.394 e. The van der Waals surface area contributed by atoms with Crippen molar-refractivity contribution in [3.63, 3.8) is 0 Å². The quantitative estimate of drug-likeness (QED) is 0.862. The fraction of sp³-hybridized carbons (Fsp3) is 0.647. The van der Waals surface area contributed by atoms with Crippen LogP contribution >= 0.6 is 0 Å². The maximum atomic E-state index is 9.95. The maximum absolute atomic E-state index is 9.95. The normalized spacial score (nSPS) is 30.1. The average Bonchev–Trinajstić information content (AvgIpc) is 2.33. The molecule has 0 spiro atoms. The van der Waals surface area contributed by atoms with E-state index in [0.29, 0.717) is 11.3 Å². The van der Waals surface area contributed by atoms with Crippen LogP contribution in [0.15, 0.2) is 24.3 Å². The molecule has 2 rings (SSSR count). The highest BCUT2D eigenvalue weighted by atomic mass is 16.3. The van der Waals surface area contributed by atoms with Gasteiger partial charge in [-0.15, -0.1) is 0 Å². The van der Waals surface area contributed by atoms with Gasteiger partial charge in [0.05, 0.1) is 12.1 Å². The zero-order chi connectivity index (χ0) is 14.1. The van der Waals surface area contributed by atoms with Crippen LogP contribution in [0, 0.1) is 18.3 Å². The third-order valence-electron chi connectivity index (χ3n) is 4.74. The molecule has 1 aromatic rings. The van der Waals surface area contributed by atoms with Crippen LogP contribution in [0.5, 0.6) is 0 Å². The summed E-state index contributed by atoms with van der Waals surface area (Å²) in [7, 11) is 0. The number of aryl methyl sites for hydroxylation is 1. The minimum Gasteiger partial charge on any atom is -0.394 e. The van der Waals surface area contributed by atoms with Crippen molar-refractivity contribution in [3.05, 3.63) is 29.8 Å². The Kier molecular flexibility index (Phi) is 3.91. The van der Waals surface area contributed by atoms with Gasteiger partial charge in [0.15, 0.2) is 0 Å². The number of benzene rings is 1. The Morgan fingerprint density at radius 3 is 2.63 bits per heavy atom. The zero-order valence-electron chi connectivity index (χ0n) is 12.7. The van der Waals surface area contributed by atoms with Gasteiger partial charge in [0.1, 0.15) is 0 Å². The first-order valence-corrected chi connectivity index (χ1v) is 7.33. The lowest BCUT2D eigenvalue weighted by Gasteiger charge is -2.48. The Labute approximate surface area is 117 Å². The van der Waals surface area contributed by atoms with Crippen LogP contribution in [0.2, 0.25) is 0 Å². The minimum absolute atomic E-state index is 0.163. The second-order valence-corrected chi connectivity index (χ2v) is 7.08. The molecule has 19 heavy (non-hydrogen) atoms. The number of hydrogen-bond acceptors (Lipinski definition) is 2. The van der Waals surface area contributed by atoms with E-state index in [2.05, 4.69) is 57.3 Å². The van der Waals surface area contributed by atoms with Crippen molar-refractivity contribution in [3.8, 4) is 0 Å². The molecule has 1 aliphatic rings. The molecule has 2 nitrogen and oxygen atoms in total. The molecule has 2 heteroatoms. The molecule has 0 heterocycles. The third-order valence-corrected chi connectivity index (χ3v) is 4.74. The third kappa shape index (κ3) is 3.11. The molecule has 1 saturated carbocycles. The second kappa shape index (κ2) is 5.16. The van der Waals surface area contributed by atoms with E-state index in [1.165, 1.54) is 5.56 Å². The van der Waals surface area contributed by atoms with Crippen LogP contribution in [-0.2, 0) is 0 Å². The van der Waals surface area contributed by atoms with Crippen LogP contribution < -0.4 is 5.32 Å². The molecule has 1 aromatic carbocycles. The molecular formula is C17H27NO. The van der Waals surface area contributed by atoms with Gasteiger partial charge in [0.2, 0.25) is 0 Å². The van der Waals surface area contributed by atoms with Crippen molar-refractivity contribution in [1.82, 2.24) is 0 Å². The second-order valence-electron chi connectivity index (χ2n) is 7.08. The Balaban J connectivity index is 2.19. The summed E-state index contributed by atoms with van der Waals surface area (Å²) in [6.45, 7) is 9.23. The SMILES string of the molecule is Cc1cccc(NC2(CO)CCC(C)(C)CC2C)c1. The van der Waals surface area contributed by atoms with E-state index in [4.69, 9.17) is 0 Å². The van der Waals surface area contributed by atoms with Crippen molar-refractivity contribution >= 4 is 5.69 Å². The molecule has 0 bridgehead atoms. The van der Waals surface area contributed by atoms with E-state index in [-0.39, 0.29) is 12.1 Å². The van der Waals surface area contributed by atoms with Crippen molar-refractivity contribution in [1.29, 1.82) is 0 Å². The molecule has 2 atom stereocenters. The lowest BCUT2D eigenvalue weighted by molar-refractivity contribution is 0.0685. The Bertz CT molecular complexity index is 441. The summed E-state index contributed by atoms with van der Waals surface area (Å²) in [5, 5.41) is 13.6. The van der Waals surface area contributed by atoms with Gasteiger partial charge in [0.25, 0.3) is 0 Å². The van der Waals surface area contributed by atoms with E-state index in [1.807, 2.05) is 0 Å². The zero-order valence-corrected chi connectivity index (χ0v) is 12.7. The highest BCUT2D eigenvalue weighted by Gasteiger charge is 2.43. The summed E-state index contributed by atoms with van der Waals surface area (Å²) < 4.78 is 0. The topological polar surface area (TPSA) is 32.3 Å². The molecule has 1 aliphatic carbocycles. The molecular weight excluding hydrogens is 234 g/mol. The van der Waals surface area contributed by atoms with Crippen molar-refractivity contribution in [2.24, 2.45) is 11.3 Å². The van der Waals surface area contributed by atoms with Crippen LogP contribution in [0.3, 0.4) is 0 Å². The van der Waals surface area contributed by atoms with Crippen molar-refractivity contribution in [2.75, 3.05) is 11.9 Å². The molecule has 106 valence electrons. The fourth-order valence-electron chi connectivity index (χ4n) is 3.40. The number of aliphatic hydroxyl groups excluding tert-OH is 1. The predicted molar refractivity (Wildman–Crippen MR) is 81.4 cm³/mol. The summed E-state index contributed by atoms with van der Waals surface area (Å²) in [6, 6.07) is 8.42. The van der Waals surface area contributed by atoms with Gasteiger partial charge in [-0.05, 0) is 55.2 Å². The summed E-state index contributed by atoms with van der Waals surface area (Å²) in [4.78, 5) is 0. The Hall–Kier alpha value is -1.02. The monoisotopic (exact) mass is 261 g/mol. The Morgan fingerprint density at radius 2 is 2.05 bits per heavy atom. The molecule has 0 saturated heterocycles. The molecule has 0 aromatic heterocycles. The van der Waals surface area contributed by atoms with Gasteiger partial charge in [-0.25, -0.2) is 0 Å². The van der Waals surface area contributed by atoms with Gasteiger partial charge in [-0.2, -0.15) is 0 Å². The van der Waals surface area contributed by atoms with E-state index in [1.54, 1.807) is 0 Å². The Morgan fingerprint density at radius 1 is 1.32 bits per heavy atom. The van der Waals surface area contributed by atoms with Crippen LogP contribution in [-0.4, -0.2) is 17.3 Å². The van der Waals surface area contributed by atoms with Gasteiger partial charge < -0.3 is 10.4 Å². The first kappa shape index (κ1) is 14.4. The van der Waals surface area contributed by atoms with E-state index in [9.17, 15) is 5.11 Å². The average molecular weight is 261 g/mol. The number of hydrogen-bond donors (Lipinski definition) is 2. The van der Waals surface area contributed by atoms with E-state index < -0.39 is 0 Å². The highest BCUT2D eigenvalue weighted by molar-refractivity contribution is 5.48. The van der Waals surface area contributed by atoms with Crippen molar-refractivity contribution < 1.29 is 5.11 Å². The van der Waals surface area contributed by atoms with Crippen LogP contribution in [0.25, 0.3) is 0 Å². The minimum atomic E-state index is -0.163. The van der Waals surface area contributed by atoms with E-state index in [0.717, 1.165) is 24.9 Å². The fourth-order valence-corrected chi connectivity index (χ4v) is 3.40. The molecule has 0 amide bonds. The molecule has 0 aliphatic heterocycles. The van der Waals surface area contributed by atoms with Crippen LogP contribution in [0.4, 0.5) is 5.69 Å². The first-order chi connectivity index (χ1) is 8.87. The molecule has 2 N–H and O–H groups in total. The highest BCUT2D eigenvalue weighted by Crippen LogP contribution is 2.45. The summed E-state index contributed by atoms with van der Waals surface area (Å²) in [5.41, 5.74) is 2.61. The standard InChI is InChI=1S/C17H27NO/c1-13-6-5-7-15(10-13)18-17(12-19)9-8-16(3,4)11-14(17)2/h5-7,10,14,18-19H,8-9,11-12H2,1-4H3. The van der Waals surface area contributed by atoms with E-state index >= 15 is 0 Å². The number of anilines is 1. The lowest BCUT2D eigenvalue weighted by Crippen LogP contribution is -2.52. The summed E-state index contributed by atoms with van der Waals surface area (Å²) in [6.07, 6.45) is 3.36. The smallest absolute Gasteiger partial charge is 0.0664 e. The number of aliphatic hydroxyl groups is 1. The first-order valence-electron chi connectivity index (χ1n) is 7.33. The van der Waals surface area contributed by atoms with Gasteiger partial charge >= 0.3 is 0 Å². The molecule has 0 radical (unpaired) electrons. The molecule has 1 fully saturated rings. The maximum Gasteiger partial charge on any atom is 0.0664 e. The summed E-state index contributed by atoms with van der Waals surface area (Å²) >= 11 is 0. The predicted octanol–water partition coefficient (Wildman–Crippen LogP) is 3.98. The van der Waals surface area contributed by atoms with Crippen molar-refractivity contribution in [2.45, 2.75) is 52.5 Å².